The topological polar surface area (TPSA) is 26.0 Å². The summed E-state index contributed by atoms with van der Waals surface area (Å²) in [5.41, 5.74) is 12.5. The summed E-state index contributed by atoms with van der Waals surface area (Å²) in [4.78, 5) is 0. The molecule has 1 unspecified atom stereocenters. The van der Waals surface area contributed by atoms with Gasteiger partial charge in [-0.25, -0.2) is 0 Å². The van der Waals surface area contributed by atoms with Crippen LogP contribution in [0, 0.1) is 20.8 Å². The van der Waals surface area contributed by atoms with Gasteiger partial charge in [0.05, 0.1) is 6.04 Å². The van der Waals surface area contributed by atoms with Crippen LogP contribution in [0.1, 0.15) is 33.9 Å². The maximum absolute atomic E-state index is 6.39. The molecule has 0 aliphatic rings. The van der Waals surface area contributed by atoms with Crippen molar-refractivity contribution < 1.29 is 0 Å². The molecule has 2 N–H and O–H groups in total. The van der Waals surface area contributed by atoms with E-state index >= 15 is 0 Å². The zero-order valence-corrected chi connectivity index (χ0v) is 12.6. The summed E-state index contributed by atoms with van der Waals surface area (Å²) in [5.74, 6) is 0. The molecule has 0 saturated carbocycles. The first-order valence-electron chi connectivity index (χ1n) is 6.08. The lowest BCUT2D eigenvalue weighted by atomic mass is 9.94. The zero-order valence-electron chi connectivity index (χ0n) is 11.0. The third-order valence-corrected chi connectivity index (χ3v) is 3.94. The Labute approximate surface area is 117 Å². The average molecular weight is 304 g/mol. The quantitative estimate of drug-likeness (QED) is 0.873. The SMILES string of the molecule is Cc1ccc(C(N)c2ccc(C)cc2Br)c(C)c1. The van der Waals surface area contributed by atoms with Gasteiger partial charge in [-0.2, -0.15) is 0 Å². The Bertz CT molecular complexity index is 524. The van der Waals surface area contributed by atoms with Crippen molar-refractivity contribution in [2.24, 2.45) is 5.73 Å². The van der Waals surface area contributed by atoms with Crippen LogP contribution in [0.4, 0.5) is 0 Å². The van der Waals surface area contributed by atoms with Crippen LogP contribution in [-0.4, -0.2) is 0 Å². The Balaban J connectivity index is 2.44. The number of rotatable bonds is 2. The van der Waals surface area contributed by atoms with Gasteiger partial charge in [0.2, 0.25) is 0 Å². The van der Waals surface area contributed by atoms with E-state index in [0.717, 1.165) is 10.0 Å². The molecule has 18 heavy (non-hydrogen) atoms. The third-order valence-electron chi connectivity index (χ3n) is 3.25. The molecule has 1 atom stereocenters. The molecular weight excluding hydrogens is 286 g/mol. The molecule has 1 nitrogen and oxygen atoms in total. The Morgan fingerprint density at radius 1 is 0.889 bits per heavy atom. The normalized spacial score (nSPS) is 12.5. The van der Waals surface area contributed by atoms with Gasteiger partial charge < -0.3 is 5.73 Å². The molecule has 0 spiro atoms. The van der Waals surface area contributed by atoms with Crippen LogP contribution in [0.25, 0.3) is 0 Å². The van der Waals surface area contributed by atoms with Crippen molar-refractivity contribution in [3.05, 3.63) is 68.7 Å². The van der Waals surface area contributed by atoms with Crippen molar-refractivity contribution in [1.82, 2.24) is 0 Å². The Morgan fingerprint density at radius 2 is 1.44 bits per heavy atom. The molecule has 94 valence electrons. The highest BCUT2D eigenvalue weighted by molar-refractivity contribution is 9.10. The molecule has 0 fully saturated rings. The fourth-order valence-electron chi connectivity index (χ4n) is 2.23. The van der Waals surface area contributed by atoms with Crippen molar-refractivity contribution >= 4 is 15.9 Å². The molecule has 0 bridgehead atoms. The number of hydrogen-bond donors (Lipinski definition) is 1. The second-order valence-electron chi connectivity index (χ2n) is 4.86. The maximum Gasteiger partial charge on any atom is 0.0565 e. The van der Waals surface area contributed by atoms with E-state index in [2.05, 4.69) is 73.1 Å². The molecule has 2 rings (SSSR count). The van der Waals surface area contributed by atoms with Crippen LogP contribution < -0.4 is 5.73 Å². The van der Waals surface area contributed by atoms with Gasteiger partial charge in [-0.05, 0) is 49.1 Å². The van der Waals surface area contributed by atoms with Gasteiger partial charge in [0.25, 0.3) is 0 Å². The van der Waals surface area contributed by atoms with E-state index in [9.17, 15) is 0 Å². The minimum Gasteiger partial charge on any atom is -0.320 e. The largest absolute Gasteiger partial charge is 0.320 e. The predicted molar refractivity (Wildman–Crippen MR) is 80.8 cm³/mol. The van der Waals surface area contributed by atoms with Gasteiger partial charge in [0, 0.05) is 4.47 Å². The van der Waals surface area contributed by atoms with Crippen molar-refractivity contribution in [1.29, 1.82) is 0 Å². The highest BCUT2D eigenvalue weighted by atomic mass is 79.9. The molecule has 0 aliphatic heterocycles. The summed E-state index contributed by atoms with van der Waals surface area (Å²) in [6, 6.07) is 12.6. The third kappa shape index (κ3) is 2.65. The van der Waals surface area contributed by atoms with Gasteiger partial charge in [0.15, 0.2) is 0 Å². The standard InChI is InChI=1S/C16H18BrN/c1-10-4-6-13(12(3)8-10)16(18)14-7-5-11(2)9-15(14)17/h4-9,16H,18H2,1-3H3. The first kappa shape index (κ1) is 13.3. The molecule has 2 aromatic rings. The van der Waals surface area contributed by atoms with E-state index in [4.69, 9.17) is 5.73 Å². The van der Waals surface area contributed by atoms with E-state index in [1.54, 1.807) is 0 Å². The van der Waals surface area contributed by atoms with E-state index in [0.29, 0.717) is 0 Å². The number of aryl methyl sites for hydroxylation is 3. The first-order chi connectivity index (χ1) is 8.49. The summed E-state index contributed by atoms with van der Waals surface area (Å²) in [7, 11) is 0. The number of nitrogens with two attached hydrogens (primary N) is 1. The van der Waals surface area contributed by atoms with E-state index < -0.39 is 0 Å². The van der Waals surface area contributed by atoms with Crippen molar-refractivity contribution in [2.45, 2.75) is 26.8 Å². The molecular formula is C16H18BrN. The summed E-state index contributed by atoms with van der Waals surface area (Å²) in [5, 5.41) is 0. The highest BCUT2D eigenvalue weighted by Crippen LogP contribution is 2.29. The highest BCUT2D eigenvalue weighted by Gasteiger charge is 2.14. The van der Waals surface area contributed by atoms with Gasteiger partial charge in [-0.15, -0.1) is 0 Å². The minimum atomic E-state index is -0.0828. The van der Waals surface area contributed by atoms with Crippen LogP contribution in [0.3, 0.4) is 0 Å². The van der Waals surface area contributed by atoms with Crippen molar-refractivity contribution in [3.8, 4) is 0 Å². The van der Waals surface area contributed by atoms with E-state index in [-0.39, 0.29) is 6.04 Å². The Morgan fingerprint density at radius 3 is 2.00 bits per heavy atom. The number of benzene rings is 2. The lowest BCUT2D eigenvalue weighted by Crippen LogP contribution is -2.14. The van der Waals surface area contributed by atoms with Crippen LogP contribution >= 0.6 is 15.9 Å². The lowest BCUT2D eigenvalue weighted by molar-refractivity contribution is 0.854. The Hall–Kier alpha value is -1.12. The van der Waals surface area contributed by atoms with Crippen molar-refractivity contribution in [3.63, 3.8) is 0 Å². The smallest absolute Gasteiger partial charge is 0.0565 e. The van der Waals surface area contributed by atoms with Crippen molar-refractivity contribution in [2.75, 3.05) is 0 Å². The molecule has 0 aliphatic carbocycles. The van der Waals surface area contributed by atoms with Gasteiger partial charge in [-0.3, -0.25) is 0 Å². The van der Waals surface area contributed by atoms with E-state index in [1.165, 1.54) is 22.3 Å². The van der Waals surface area contributed by atoms with Crippen LogP contribution in [0.2, 0.25) is 0 Å². The summed E-state index contributed by atoms with van der Waals surface area (Å²) in [6.45, 7) is 6.30. The molecule has 0 amide bonds. The average Bonchev–Trinajstić information content (AvgIpc) is 2.28. The van der Waals surface area contributed by atoms with E-state index in [1.807, 2.05) is 0 Å². The van der Waals surface area contributed by atoms with Crippen LogP contribution in [0.15, 0.2) is 40.9 Å². The summed E-state index contributed by atoms with van der Waals surface area (Å²) in [6.07, 6.45) is 0. The predicted octanol–water partition coefficient (Wildman–Crippen LogP) is 4.42. The Kier molecular flexibility index (Phi) is 3.88. The molecule has 0 radical (unpaired) electrons. The minimum absolute atomic E-state index is 0.0828. The molecule has 0 saturated heterocycles. The zero-order chi connectivity index (χ0) is 13.3. The number of halogens is 1. The summed E-state index contributed by atoms with van der Waals surface area (Å²) >= 11 is 3.60. The molecule has 2 heteroatoms. The van der Waals surface area contributed by atoms with Gasteiger partial charge in [-0.1, -0.05) is 51.8 Å². The lowest BCUT2D eigenvalue weighted by Gasteiger charge is -2.17. The second kappa shape index (κ2) is 5.25. The van der Waals surface area contributed by atoms with Gasteiger partial charge in [0.1, 0.15) is 0 Å². The van der Waals surface area contributed by atoms with Gasteiger partial charge >= 0.3 is 0 Å². The molecule has 0 aromatic heterocycles. The summed E-state index contributed by atoms with van der Waals surface area (Å²) < 4.78 is 1.08. The fourth-order valence-corrected chi connectivity index (χ4v) is 2.97. The molecule has 0 heterocycles. The maximum atomic E-state index is 6.39. The fraction of sp³-hybridized carbons (Fsp3) is 0.250. The number of hydrogen-bond acceptors (Lipinski definition) is 1. The van der Waals surface area contributed by atoms with Crippen LogP contribution in [-0.2, 0) is 0 Å². The molecule has 2 aromatic carbocycles. The first-order valence-corrected chi connectivity index (χ1v) is 6.87. The monoisotopic (exact) mass is 303 g/mol. The second-order valence-corrected chi connectivity index (χ2v) is 5.72. The van der Waals surface area contributed by atoms with Crippen LogP contribution in [0.5, 0.6) is 0 Å².